The highest BCUT2D eigenvalue weighted by Gasteiger charge is 2.34. The van der Waals surface area contributed by atoms with Crippen molar-refractivity contribution in [2.24, 2.45) is 11.5 Å². The van der Waals surface area contributed by atoms with Crippen LogP contribution in [0.1, 0.15) is 31.2 Å². The molecule has 0 heterocycles. The predicted octanol–water partition coefficient (Wildman–Crippen LogP) is 2.74. The summed E-state index contributed by atoms with van der Waals surface area (Å²) in [6, 6.07) is 8.77. The van der Waals surface area contributed by atoms with Crippen molar-refractivity contribution in [1.82, 2.24) is 0 Å². The molecule has 3 nitrogen and oxygen atoms in total. The first-order valence-corrected chi connectivity index (χ1v) is 6.82. The van der Waals surface area contributed by atoms with E-state index in [2.05, 4.69) is 43.3 Å². The monoisotopic (exact) mass is 319 g/mol. The topological polar surface area (TPSA) is 55.3 Å². The van der Waals surface area contributed by atoms with Crippen LogP contribution in [0.5, 0.6) is 0 Å². The summed E-state index contributed by atoms with van der Waals surface area (Å²) in [5.74, 6) is 0. The average Bonchev–Trinajstić information content (AvgIpc) is 2.34. The van der Waals surface area contributed by atoms with Gasteiger partial charge in [-0.15, -0.1) is 24.8 Å². The van der Waals surface area contributed by atoms with Gasteiger partial charge in [0.2, 0.25) is 0 Å². The molecule has 1 aromatic carbocycles. The van der Waals surface area contributed by atoms with E-state index in [1.54, 1.807) is 0 Å². The van der Waals surface area contributed by atoms with Crippen molar-refractivity contribution in [3.05, 3.63) is 29.8 Å². The van der Waals surface area contributed by atoms with Gasteiger partial charge in [0.1, 0.15) is 0 Å². The van der Waals surface area contributed by atoms with Crippen LogP contribution in [0.2, 0.25) is 0 Å². The average molecular weight is 320 g/mol. The Labute approximate surface area is 134 Å². The molecule has 0 amide bonds. The van der Waals surface area contributed by atoms with Gasteiger partial charge in [-0.1, -0.05) is 25.0 Å². The van der Waals surface area contributed by atoms with E-state index in [0.717, 1.165) is 19.3 Å². The Morgan fingerprint density at radius 2 is 1.75 bits per heavy atom. The standard InChI is InChI=1S/C15H25N3.2ClH/c1-18(2)13-8-6-12(7-9-13)11-15(17)10-4-3-5-14(15)16;;/h6-9,14H,3-5,10-11,16-17H2,1-2H3;2*1H. The normalized spacial score (nSPS) is 25.3. The van der Waals surface area contributed by atoms with E-state index >= 15 is 0 Å². The fraction of sp³-hybridized carbons (Fsp3) is 0.600. The summed E-state index contributed by atoms with van der Waals surface area (Å²) in [6.07, 6.45) is 5.43. The zero-order valence-electron chi connectivity index (χ0n) is 12.3. The minimum Gasteiger partial charge on any atom is -0.378 e. The van der Waals surface area contributed by atoms with E-state index in [0.29, 0.717) is 0 Å². The molecule has 5 heteroatoms. The van der Waals surface area contributed by atoms with Crippen molar-refractivity contribution in [2.45, 2.75) is 43.7 Å². The highest BCUT2D eigenvalue weighted by molar-refractivity contribution is 5.85. The smallest absolute Gasteiger partial charge is 0.0361 e. The minimum atomic E-state index is -0.210. The van der Waals surface area contributed by atoms with Crippen LogP contribution in [0, 0.1) is 0 Å². The Hall–Kier alpha value is -0.480. The SMILES string of the molecule is CN(C)c1ccc(CC2(N)CCCCC2N)cc1.Cl.Cl. The van der Waals surface area contributed by atoms with E-state index in [-0.39, 0.29) is 36.4 Å². The molecule has 2 rings (SSSR count). The number of nitrogens with zero attached hydrogens (tertiary/aromatic N) is 1. The molecule has 0 aliphatic heterocycles. The lowest BCUT2D eigenvalue weighted by Crippen LogP contribution is -2.58. The lowest BCUT2D eigenvalue weighted by atomic mass is 9.75. The maximum absolute atomic E-state index is 6.50. The van der Waals surface area contributed by atoms with Crippen molar-refractivity contribution in [1.29, 1.82) is 0 Å². The number of hydrogen-bond acceptors (Lipinski definition) is 3. The van der Waals surface area contributed by atoms with Crippen LogP contribution in [0.4, 0.5) is 5.69 Å². The van der Waals surface area contributed by atoms with Crippen molar-refractivity contribution in [3.63, 3.8) is 0 Å². The summed E-state index contributed by atoms with van der Waals surface area (Å²) < 4.78 is 0. The first kappa shape index (κ1) is 19.5. The van der Waals surface area contributed by atoms with Crippen molar-refractivity contribution >= 4 is 30.5 Å². The van der Waals surface area contributed by atoms with Gasteiger partial charge in [-0.25, -0.2) is 0 Å². The Morgan fingerprint density at radius 1 is 1.15 bits per heavy atom. The molecule has 1 aromatic rings. The molecule has 2 atom stereocenters. The molecule has 1 saturated carbocycles. The third-order valence-electron chi connectivity index (χ3n) is 4.13. The molecule has 1 aliphatic carbocycles. The summed E-state index contributed by atoms with van der Waals surface area (Å²) in [5.41, 5.74) is 15.0. The van der Waals surface area contributed by atoms with Gasteiger partial charge in [0.25, 0.3) is 0 Å². The Bertz CT molecular complexity index is 395. The molecule has 0 aromatic heterocycles. The van der Waals surface area contributed by atoms with Gasteiger partial charge < -0.3 is 16.4 Å². The summed E-state index contributed by atoms with van der Waals surface area (Å²) in [6.45, 7) is 0. The van der Waals surface area contributed by atoms with Crippen LogP contribution in [0.3, 0.4) is 0 Å². The van der Waals surface area contributed by atoms with Gasteiger partial charge in [0.15, 0.2) is 0 Å². The Balaban J connectivity index is 0.00000180. The van der Waals surface area contributed by atoms with Crippen LogP contribution >= 0.6 is 24.8 Å². The number of benzene rings is 1. The number of anilines is 1. The van der Waals surface area contributed by atoms with E-state index in [1.807, 2.05) is 0 Å². The van der Waals surface area contributed by atoms with Crippen LogP contribution in [-0.2, 0) is 6.42 Å². The molecule has 2 unspecified atom stereocenters. The van der Waals surface area contributed by atoms with Crippen LogP contribution in [0.15, 0.2) is 24.3 Å². The first-order valence-electron chi connectivity index (χ1n) is 6.82. The van der Waals surface area contributed by atoms with Crippen LogP contribution in [-0.4, -0.2) is 25.7 Å². The molecule has 4 N–H and O–H groups in total. The van der Waals surface area contributed by atoms with E-state index in [4.69, 9.17) is 11.5 Å². The lowest BCUT2D eigenvalue weighted by molar-refractivity contribution is 0.251. The number of nitrogens with two attached hydrogens (primary N) is 2. The van der Waals surface area contributed by atoms with E-state index in [9.17, 15) is 0 Å². The molecule has 1 fully saturated rings. The van der Waals surface area contributed by atoms with E-state index < -0.39 is 0 Å². The molecule has 0 radical (unpaired) electrons. The summed E-state index contributed by atoms with van der Waals surface area (Å²) >= 11 is 0. The van der Waals surface area contributed by atoms with Crippen molar-refractivity contribution in [3.8, 4) is 0 Å². The third kappa shape index (κ3) is 4.52. The molecule has 0 saturated heterocycles. The molecule has 0 bridgehead atoms. The fourth-order valence-corrected chi connectivity index (χ4v) is 2.80. The lowest BCUT2D eigenvalue weighted by Gasteiger charge is -2.39. The zero-order chi connectivity index (χ0) is 13.2. The Morgan fingerprint density at radius 3 is 2.25 bits per heavy atom. The molecule has 116 valence electrons. The largest absolute Gasteiger partial charge is 0.378 e. The maximum Gasteiger partial charge on any atom is 0.0361 e. The van der Waals surface area contributed by atoms with E-state index in [1.165, 1.54) is 24.1 Å². The first-order chi connectivity index (χ1) is 8.51. The van der Waals surface area contributed by atoms with Gasteiger partial charge in [0, 0.05) is 31.4 Å². The maximum atomic E-state index is 6.50. The summed E-state index contributed by atoms with van der Waals surface area (Å²) in [4.78, 5) is 2.11. The van der Waals surface area contributed by atoms with Gasteiger partial charge >= 0.3 is 0 Å². The second-order valence-corrected chi connectivity index (χ2v) is 5.82. The van der Waals surface area contributed by atoms with Crippen LogP contribution in [0.25, 0.3) is 0 Å². The number of halogens is 2. The van der Waals surface area contributed by atoms with Gasteiger partial charge in [-0.05, 0) is 37.0 Å². The second kappa shape index (κ2) is 8.08. The van der Waals surface area contributed by atoms with Crippen molar-refractivity contribution < 1.29 is 0 Å². The summed E-state index contributed by atoms with van der Waals surface area (Å²) in [5, 5.41) is 0. The highest BCUT2D eigenvalue weighted by Crippen LogP contribution is 2.28. The van der Waals surface area contributed by atoms with Gasteiger partial charge in [0.05, 0.1) is 0 Å². The fourth-order valence-electron chi connectivity index (χ4n) is 2.80. The van der Waals surface area contributed by atoms with Crippen LogP contribution < -0.4 is 16.4 Å². The molecule has 1 aliphatic rings. The molecule has 0 spiro atoms. The second-order valence-electron chi connectivity index (χ2n) is 5.82. The minimum absolute atomic E-state index is 0. The van der Waals surface area contributed by atoms with Gasteiger partial charge in [-0.3, -0.25) is 0 Å². The molecular formula is C15H27Cl2N3. The number of rotatable bonds is 3. The number of hydrogen-bond donors (Lipinski definition) is 2. The quantitative estimate of drug-likeness (QED) is 0.900. The highest BCUT2D eigenvalue weighted by atomic mass is 35.5. The zero-order valence-corrected chi connectivity index (χ0v) is 14.0. The molecular weight excluding hydrogens is 293 g/mol. The third-order valence-corrected chi connectivity index (χ3v) is 4.13. The predicted molar refractivity (Wildman–Crippen MR) is 92.3 cm³/mol. The van der Waals surface area contributed by atoms with Crippen molar-refractivity contribution in [2.75, 3.05) is 19.0 Å². The summed E-state index contributed by atoms with van der Waals surface area (Å²) in [7, 11) is 4.10. The Kier molecular flexibility index (Phi) is 7.89. The van der Waals surface area contributed by atoms with Gasteiger partial charge in [-0.2, -0.15) is 0 Å². The molecule has 20 heavy (non-hydrogen) atoms.